The van der Waals surface area contributed by atoms with Gasteiger partial charge >= 0.3 is 0 Å². The third kappa shape index (κ3) is 3.01. The van der Waals surface area contributed by atoms with Crippen LogP contribution < -0.4 is 11.1 Å². The Bertz CT molecular complexity index is 1000. The van der Waals surface area contributed by atoms with Crippen LogP contribution in [0.15, 0.2) is 42.9 Å². The number of fused-ring (bicyclic) bond motifs is 1. The van der Waals surface area contributed by atoms with Crippen LogP contribution in [-0.4, -0.2) is 29.9 Å². The van der Waals surface area contributed by atoms with Gasteiger partial charge in [0.25, 0.3) is 0 Å². The van der Waals surface area contributed by atoms with E-state index in [1.807, 2.05) is 41.3 Å². The molecule has 4 N–H and O–H groups in total. The fourth-order valence-corrected chi connectivity index (χ4v) is 2.72. The molecule has 3 heterocycles. The predicted octanol–water partition coefficient (Wildman–Crippen LogP) is 2.43. The molecule has 0 aliphatic heterocycles. The van der Waals surface area contributed by atoms with Crippen LogP contribution in [-0.2, 0) is 13.1 Å². The van der Waals surface area contributed by atoms with E-state index >= 15 is 0 Å². The van der Waals surface area contributed by atoms with Gasteiger partial charge in [0, 0.05) is 42.0 Å². The van der Waals surface area contributed by atoms with Gasteiger partial charge in [-0.2, -0.15) is 15.2 Å². The van der Waals surface area contributed by atoms with Crippen LogP contribution in [0.5, 0.6) is 0 Å². The second-order valence-electron chi connectivity index (χ2n) is 5.69. The standard InChI is InChI=1S/C17H18N8/c1-2-25-10-11(9-21-25)8-19-16-13-4-3-12(14-5-6-20-24-14)7-15(13)22-17(18)23-16/h3-7,9-10H,2,8H2,1H3,(H,20,24)(H3,18,19,22,23). The van der Waals surface area contributed by atoms with Crippen LogP contribution in [0, 0.1) is 0 Å². The van der Waals surface area contributed by atoms with Crippen LogP contribution in [0.3, 0.4) is 0 Å². The number of nitrogens with zero attached hydrogens (tertiary/aromatic N) is 5. The minimum Gasteiger partial charge on any atom is -0.368 e. The molecular weight excluding hydrogens is 316 g/mol. The maximum atomic E-state index is 5.89. The summed E-state index contributed by atoms with van der Waals surface area (Å²) < 4.78 is 1.89. The summed E-state index contributed by atoms with van der Waals surface area (Å²) in [7, 11) is 0. The van der Waals surface area contributed by atoms with Crippen LogP contribution in [0.2, 0.25) is 0 Å². The molecule has 0 unspecified atom stereocenters. The Morgan fingerprint density at radius 2 is 2.16 bits per heavy atom. The molecule has 8 nitrogen and oxygen atoms in total. The number of nitrogen functional groups attached to an aromatic ring is 1. The van der Waals surface area contributed by atoms with Crippen LogP contribution in [0.25, 0.3) is 22.2 Å². The molecule has 0 aliphatic rings. The molecule has 126 valence electrons. The van der Waals surface area contributed by atoms with Crippen molar-refractivity contribution in [3.63, 3.8) is 0 Å². The van der Waals surface area contributed by atoms with E-state index in [1.165, 1.54) is 0 Å². The maximum absolute atomic E-state index is 5.89. The first-order chi connectivity index (χ1) is 12.2. The van der Waals surface area contributed by atoms with Gasteiger partial charge in [0.2, 0.25) is 5.95 Å². The second kappa shape index (κ2) is 6.23. The summed E-state index contributed by atoms with van der Waals surface area (Å²) in [4.78, 5) is 8.70. The summed E-state index contributed by atoms with van der Waals surface area (Å²) in [6.07, 6.45) is 5.58. The van der Waals surface area contributed by atoms with E-state index < -0.39 is 0 Å². The molecule has 0 atom stereocenters. The normalized spacial score (nSPS) is 11.1. The third-order valence-corrected chi connectivity index (χ3v) is 4.00. The van der Waals surface area contributed by atoms with Crippen molar-refractivity contribution in [3.8, 4) is 11.3 Å². The maximum Gasteiger partial charge on any atom is 0.222 e. The van der Waals surface area contributed by atoms with Crippen LogP contribution in [0.1, 0.15) is 12.5 Å². The lowest BCUT2D eigenvalue weighted by atomic mass is 10.1. The van der Waals surface area contributed by atoms with E-state index in [4.69, 9.17) is 5.73 Å². The smallest absolute Gasteiger partial charge is 0.222 e. The lowest BCUT2D eigenvalue weighted by Gasteiger charge is -2.09. The summed E-state index contributed by atoms with van der Waals surface area (Å²) in [5.41, 5.74) is 9.69. The quantitative estimate of drug-likeness (QED) is 0.517. The Balaban J connectivity index is 1.66. The van der Waals surface area contributed by atoms with Crippen molar-refractivity contribution in [2.24, 2.45) is 0 Å². The van der Waals surface area contributed by atoms with E-state index in [0.29, 0.717) is 12.4 Å². The van der Waals surface area contributed by atoms with E-state index in [1.54, 1.807) is 6.20 Å². The molecule has 0 bridgehead atoms. The lowest BCUT2D eigenvalue weighted by Crippen LogP contribution is -2.05. The summed E-state index contributed by atoms with van der Waals surface area (Å²) >= 11 is 0. The number of nitrogens with one attached hydrogen (secondary N) is 2. The van der Waals surface area contributed by atoms with Crippen molar-refractivity contribution in [3.05, 3.63) is 48.4 Å². The van der Waals surface area contributed by atoms with E-state index in [2.05, 4.69) is 37.5 Å². The number of hydrogen-bond donors (Lipinski definition) is 3. The van der Waals surface area contributed by atoms with Crippen molar-refractivity contribution in [1.29, 1.82) is 0 Å². The number of rotatable bonds is 5. The molecule has 0 saturated heterocycles. The zero-order valence-corrected chi connectivity index (χ0v) is 13.8. The van der Waals surface area contributed by atoms with Crippen molar-refractivity contribution < 1.29 is 0 Å². The molecule has 4 rings (SSSR count). The molecule has 0 fully saturated rings. The number of hydrogen-bond acceptors (Lipinski definition) is 6. The number of anilines is 2. The number of aromatic nitrogens is 6. The van der Waals surface area contributed by atoms with Gasteiger partial charge in [-0.1, -0.05) is 6.07 Å². The van der Waals surface area contributed by atoms with Crippen LogP contribution in [0.4, 0.5) is 11.8 Å². The monoisotopic (exact) mass is 334 g/mol. The highest BCUT2D eigenvalue weighted by Gasteiger charge is 2.09. The van der Waals surface area contributed by atoms with Gasteiger partial charge in [-0.3, -0.25) is 9.78 Å². The number of nitrogens with two attached hydrogens (primary N) is 1. The molecule has 3 aromatic heterocycles. The summed E-state index contributed by atoms with van der Waals surface area (Å²) in [5, 5.41) is 15.5. The van der Waals surface area contributed by atoms with Crippen LogP contribution >= 0.6 is 0 Å². The van der Waals surface area contributed by atoms with E-state index in [9.17, 15) is 0 Å². The molecule has 0 spiro atoms. The van der Waals surface area contributed by atoms with Crippen molar-refractivity contribution >= 4 is 22.7 Å². The number of H-pyrrole nitrogens is 1. The highest BCUT2D eigenvalue weighted by atomic mass is 15.3. The Labute approximate surface area is 144 Å². The first-order valence-corrected chi connectivity index (χ1v) is 8.05. The van der Waals surface area contributed by atoms with Gasteiger partial charge in [-0.05, 0) is 25.1 Å². The first-order valence-electron chi connectivity index (χ1n) is 8.05. The van der Waals surface area contributed by atoms with Crippen molar-refractivity contribution in [2.75, 3.05) is 11.1 Å². The van der Waals surface area contributed by atoms with E-state index in [0.717, 1.165) is 34.3 Å². The molecule has 1 aromatic carbocycles. The zero-order chi connectivity index (χ0) is 17.2. The van der Waals surface area contributed by atoms with Gasteiger partial charge in [0.05, 0.1) is 17.4 Å². The summed E-state index contributed by atoms with van der Waals surface area (Å²) in [5.74, 6) is 0.948. The molecule has 0 radical (unpaired) electrons. The van der Waals surface area contributed by atoms with Crippen molar-refractivity contribution in [2.45, 2.75) is 20.0 Å². The number of benzene rings is 1. The fraction of sp³-hybridized carbons (Fsp3) is 0.176. The molecule has 8 heteroatoms. The summed E-state index contributed by atoms with van der Waals surface area (Å²) in [6, 6.07) is 7.88. The molecule has 4 aromatic rings. The minimum atomic E-state index is 0.237. The molecular formula is C17H18N8. The predicted molar refractivity (Wildman–Crippen MR) is 96.8 cm³/mol. The minimum absolute atomic E-state index is 0.237. The summed E-state index contributed by atoms with van der Waals surface area (Å²) in [6.45, 7) is 3.52. The SMILES string of the molecule is CCn1cc(CNc2nc(N)nc3cc(-c4ccn[nH]4)ccc23)cn1. The molecule has 0 aliphatic carbocycles. The highest BCUT2D eigenvalue weighted by Crippen LogP contribution is 2.26. The topological polar surface area (TPSA) is 110 Å². The van der Waals surface area contributed by atoms with Crippen molar-refractivity contribution in [1.82, 2.24) is 29.9 Å². The highest BCUT2D eigenvalue weighted by molar-refractivity contribution is 5.92. The average Bonchev–Trinajstić information content (AvgIpc) is 3.30. The molecule has 0 amide bonds. The van der Waals surface area contributed by atoms with Gasteiger partial charge in [0.1, 0.15) is 5.82 Å². The molecule has 25 heavy (non-hydrogen) atoms. The Morgan fingerprint density at radius 1 is 1.24 bits per heavy atom. The fourth-order valence-electron chi connectivity index (χ4n) is 2.72. The van der Waals surface area contributed by atoms with Gasteiger partial charge in [-0.15, -0.1) is 0 Å². The van der Waals surface area contributed by atoms with Gasteiger partial charge < -0.3 is 11.1 Å². The largest absolute Gasteiger partial charge is 0.368 e. The van der Waals surface area contributed by atoms with E-state index in [-0.39, 0.29) is 5.95 Å². The first kappa shape index (κ1) is 15.1. The Hall–Kier alpha value is -3.42. The lowest BCUT2D eigenvalue weighted by molar-refractivity contribution is 0.659. The molecule has 0 saturated carbocycles. The average molecular weight is 334 g/mol. The van der Waals surface area contributed by atoms with Gasteiger partial charge in [-0.25, -0.2) is 4.98 Å². The number of aryl methyl sites for hydroxylation is 1. The number of aromatic amines is 1. The Morgan fingerprint density at radius 3 is 2.92 bits per heavy atom. The third-order valence-electron chi connectivity index (χ3n) is 4.00. The van der Waals surface area contributed by atoms with Gasteiger partial charge in [0.15, 0.2) is 0 Å². The Kier molecular flexibility index (Phi) is 3.77. The second-order valence-corrected chi connectivity index (χ2v) is 5.69. The zero-order valence-electron chi connectivity index (χ0n) is 13.8.